The van der Waals surface area contributed by atoms with Gasteiger partial charge in [-0.2, -0.15) is 5.10 Å². The Balaban J connectivity index is 1.26. The monoisotopic (exact) mass is 552 g/mol. The Bertz CT molecular complexity index is 1910. The zero-order chi connectivity index (χ0) is 27.6. The molecule has 0 fully saturated rings. The van der Waals surface area contributed by atoms with Crippen LogP contribution in [0.1, 0.15) is 23.0 Å². The van der Waals surface area contributed by atoms with Crippen LogP contribution in [0.3, 0.4) is 0 Å². The highest BCUT2D eigenvalue weighted by Crippen LogP contribution is 2.33. The van der Waals surface area contributed by atoms with Crippen LogP contribution in [-0.4, -0.2) is 31.8 Å². The van der Waals surface area contributed by atoms with Crippen molar-refractivity contribution >= 4 is 51.3 Å². The third kappa shape index (κ3) is 4.71. The normalized spacial score (nSPS) is 11.5. The van der Waals surface area contributed by atoms with Crippen molar-refractivity contribution in [3.63, 3.8) is 0 Å². The minimum absolute atomic E-state index is 0.0960. The lowest BCUT2D eigenvalue weighted by molar-refractivity contribution is -0.384. The molecule has 12 heteroatoms. The second-order valence-electron chi connectivity index (χ2n) is 8.62. The van der Waals surface area contributed by atoms with Gasteiger partial charge in [-0.3, -0.25) is 19.5 Å². The maximum absolute atomic E-state index is 12.8. The average molecular weight is 553 g/mol. The summed E-state index contributed by atoms with van der Waals surface area (Å²) in [5.41, 5.74) is 3.34. The number of nitrogens with one attached hydrogen (secondary N) is 1. The number of hydrazone groups is 1. The van der Waals surface area contributed by atoms with Gasteiger partial charge in [-0.1, -0.05) is 30.3 Å². The number of carbonyl (C=O) groups excluding carboxylic acids is 1. The highest BCUT2D eigenvalue weighted by molar-refractivity contribution is 7.99. The number of hydrogen-bond donors (Lipinski definition) is 1. The number of benzene rings is 3. The first-order valence-electron chi connectivity index (χ1n) is 12.2. The molecule has 0 saturated heterocycles. The van der Waals surface area contributed by atoms with Crippen LogP contribution < -0.4 is 5.43 Å². The summed E-state index contributed by atoms with van der Waals surface area (Å²) in [6.45, 7) is 2.53. The van der Waals surface area contributed by atoms with Crippen LogP contribution in [0.15, 0.2) is 103 Å². The van der Waals surface area contributed by atoms with Gasteiger partial charge < -0.3 is 8.83 Å². The zero-order valence-corrected chi connectivity index (χ0v) is 21.8. The molecule has 0 radical (unpaired) electrons. The molecule has 40 heavy (non-hydrogen) atoms. The molecule has 3 aromatic carbocycles. The molecule has 0 aliphatic carbocycles. The molecular formula is C28H20N6O5S. The van der Waals surface area contributed by atoms with E-state index in [4.69, 9.17) is 8.83 Å². The highest BCUT2D eigenvalue weighted by atomic mass is 32.2. The van der Waals surface area contributed by atoms with Crippen LogP contribution in [0.5, 0.6) is 0 Å². The van der Waals surface area contributed by atoms with Crippen molar-refractivity contribution in [1.82, 2.24) is 20.2 Å². The Morgan fingerprint density at radius 2 is 1.98 bits per heavy atom. The summed E-state index contributed by atoms with van der Waals surface area (Å²) in [6.07, 6.45) is 2.91. The smallest absolute Gasteiger partial charge is 0.307 e. The standard InChI is InChI=1S/C28H20N6O5S/c1-2-33-26(23-8-5-13-38-23)30-32-28(33)40-25-12-10-19(34(36)37)14-18(25)16-29-31-27(35)24-15-21-20-7-4-3-6-17(20)9-11-22(21)39-24/h3-16H,2H2,1H3,(H,31,35). The van der Waals surface area contributed by atoms with Crippen molar-refractivity contribution < 1.29 is 18.6 Å². The topological polar surface area (TPSA) is 142 Å². The minimum atomic E-state index is -0.551. The minimum Gasteiger partial charge on any atom is -0.461 e. The van der Waals surface area contributed by atoms with E-state index in [2.05, 4.69) is 20.7 Å². The highest BCUT2D eigenvalue weighted by Gasteiger charge is 2.19. The van der Waals surface area contributed by atoms with Gasteiger partial charge in [0.1, 0.15) is 5.58 Å². The number of carbonyl (C=O) groups is 1. The third-order valence-electron chi connectivity index (χ3n) is 6.20. The quantitative estimate of drug-likeness (QED) is 0.132. The first-order valence-corrected chi connectivity index (χ1v) is 13.0. The Kier molecular flexibility index (Phi) is 6.58. The Hall–Kier alpha value is -5.23. The molecule has 3 heterocycles. The van der Waals surface area contributed by atoms with E-state index in [-0.39, 0.29) is 11.4 Å². The summed E-state index contributed by atoms with van der Waals surface area (Å²) in [7, 11) is 0. The first-order chi connectivity index (χ1) is 19.5. The number of aromatic nitrogens is 3. The molecule has 0 atom stereocenters. The predicted molar refractivity (Wildman–Crippen MR) is 149 cm³/mol. The molecule has 6 aromatic rings. The fraction of sp³-hybridized carbons (Fsp3) is 0.0714. The van der Waals surface area contributed by atoms with Crippen LogP contribution >= 0.6 is 11.8 Å². The fourth-order valence-electron chi connectivity index (χ4n) is 4.30. The van der Waals surface area contributed by atoms with Crippen LogP contribution in [-0.2, 0) is 6.54 Å². The van der Waals surface area contributed by atoms with Gasteiger partial charge in [-0.25, -0.2) is 5.43 Å². The molecule has 1 amide bonds. The number of hydrogen-bond acceptors (Lipinski definition) is 9. The van der Waals surface area contributed by atoms with Crippen LogP contribution in [0, 0.1) is 10.1 Å². The summed E-state index contributed by atoms with van der Waals surface area (Å²) in [4.78, 5) is 24.4. The Morgan fingerprint density at radius 1 is 1.10 bits per heavy atom. The number of amides is 1. The number of nitrogens with zero attached hydrogens (tertiary/aromatic N) is 5. The van der Waals surface area contributed by atoms with E-state index < -0.39 is 10.8 Å². The molecule has 0 unspecified atom stereocenters. The average Bonchev–Trinajstić information content (AvgIpc) is 3.73. The maximum atomic E-state index is 12.8. The Labute approximate surface area is 230 Å². The van der Waals surface area contributed by atoms with E-state index in [9.17, 15) is 14.9 Å². The second-order valence-corrected chi connectivity index (χ2v) is 9.63. The van der Waals surface area contributed by atoms with Gasteiger partial charge in [0.05, 0.1) is 17.4 Å². The summed E-state index contributed by atoms with van der Waals surface area (Å²) in [5.74, 6) is 0.689. The van der Waals surface area contributed by atoms with Crippen molar-refractivity contribution in [2.24, 2.45) is 5.10 Å². The molecular weight excluding hydrogens is 532 g/mol. The van der Waals surface area contributed by atoms with Crippen molar-refractivity contribution in [3.8, 4) is 11.6 Å². The van der Waals surface area contributed by atoms with Crippen molar-refractivity contribution in [2.45, 2.75) is 23.5 Å². The van der Waals surface area contributed by atoms with E-state index in [0.29, 0.717) is 39.3 Å². The van der Waals surface area contributed by atoms with Gasteiger partial charge in [0.25, 0.3) is 5.69 Å². The van der Waals surface area contributed by atoms with Crippen LogP contribution in [0.4, 0.5) is 5.69 Å². The number of nitro groups is 1. The lowest BCUT2D eigenvalue weighted by atomic mass is 10.1. The molecule has 198 valence electrons. The van der Waals surface area contributed by atoms with Crippen LogP contribution in [0.25, 0.3) is 33.3 Å². The number of fused-ring (bicyclic) bond motifs is 3. The molecule has 3 aromatic heterocycles. The van der Waals surface area contributed by atoms with E-state index in [1.54, 1.807) is 30.5 Å². The van der Waals surface area contributed by atoms with Gasteiger partial charge >= 0.3 is 5.91 Å². The first kappa shape index (κ1) is 25.1. The number of furan rings is 2. The van der Waals surface area contributed by atoms with E-state index in [1.807, 2.05) is 47.9 Å². The van der Waals surface area contributed by atoms with Gasteiger partial charge in [0.2, 0.25) is 0 Å². The van der Waals surface area contributed by atoms with Crippen molar-refractivity contribution in [3.05, 3.63) is 100 Å². The van der Waals surface area contributed by atoms with E-state index in [1.165, 1.54) is 30.1 Å². The predicted octanol–water partition coefficient (Wildman–Crippen LogP) is 6.28. The van der Waals surface area contributed by atoms with Gasteiger partial charge in [-0.15, -0.1) is 10.2 Å². The maximum Gasteiger partial charge on any atom is 0.307 e. The van der Waals surface area contributed by atoms with E-state index in [0.717, 1.165) is 16.2 Å². The van der Waals surface area contributed by atoms with Crippen LogP contribution in [0.2, 0.25) is 0 Å². The third-order valence-corrected chi connectivity index (χ3v) is 7.28. The SMILES string of the molecule is CCn1c(Sc2ccc([N+](=O)[O-])cc2C=NNC(=O)c2cc3c(ccc4ccccc43)o2)nnc1-c1ccco1. The van der Waals surface area contributed by atoms with Gasteiger partial charge in [0.15, 0.2) is 22.5 Å². The number of nitro benzene ring substituents is 1. The van der Waals surface area contributed by atoms with E-state index >= 15 is 0 Å². The molecule has 0 bridgehead atoms. The summed E-state index contributed by atoms with van der Waals surface area (Å²) < 4.78 is 13.1. The summed E-state index contributed by atoms with van der Waals surface area (Å²) >= 11 is 1.27. The molecule has 0 saturated carbocycles. The molecule has 0 spiro atoms. The lowest BCUT2D eigenvalue weighted by Gasteiger charge is -2.08. The Morgan fingerprint density at radius 3 is 2.77 bits per heavy atom. The van der Waals surface area contributed by atoms with Gasteiger partial charge in [0, 0.05) is 34.5 Å². The van der Waals surface area contributed by atoms with Crippen molar-refractivity contribution in [1.29, 1.82) is 0 Å². The fourth-order valence-corrected chi connectivity index (χ4v) is 5.27. The summed E-state index contributed by atoms with van der Waals surface area (Å²) in [6, 6.07) is 21.2. The summed E-state index contributed by atoms with van der Waals surface area (Å²) in [5, 5.41) is 27.4. The second kappa shape index (κ2) is 10.5. The van der Waals surface area contributed by atoms with Crippen molar-refractivity contribution in [2.75, 3.05) is 0 Å². The molecule has 11 nitrogen and oxygen atoms in total. The number of non-ortho nitro benzene ring substituents is 1. The molecule has 6 rings (SSSR count). The van der Waals surface area contributed by atoms with Gasteiger partial charge in [-0.05, 0) is 59.8 Å². The number of rotatable bonds is 8. The molecule has 1 N–H and O–H groups in total. The molecule has 0 aliphatic rings. The molecule has 0 aliphatic heterocycles. The zero-order valence-electron chi connectivity index (χ0n) is 21.0. The largest absolute Gasteiger partial charge is 0.461 e. The lowest BCUT2D eigenvalue weighted by Crippen LogP contribution is -2.16.